The highest BCUT2D eigenvalue weighted by Crippen LogP contribution is 2.06. The van der Waals surface area contributed by atoms with Crippen molar-refractivity contribution in [3.63, 3.8) is 0 Å². The van der Waals surface area contributed by atoms with E-state index in [1.54, 1.807) is 24.1 Å². The first-order valence-corrected chi connectivity index (χ1v) is 6.28. The molecule has 1 amide bonds. The van der Waals surface area contributed by atoms with Crippen molar-refractivity contribution in [1.29, 1.82) is 0 Å². The fraction of sp³-hybridized carbons (Fsp3) is 0.462. The van der Waals surface area contributed by atoms with Crippen LogP contribution in [-0.2, 0) is 16.0 Å². The van der Waals surface area contributed by atoms with E-state index in [9.17, 15) is 9.18 Å². The normalized spacial score (nSPS) is 10.4. The maximum atomic E-state index is 12.7. The lowest BCUT2D eigenvalue weighted by Gasteiger charge is -2.21. The molecule has 0 unspecified atom stereocenters. The van der Waals surface area contributed by atoms with E-state index in [0.717, 1.165) is 5.56 Å². The van der Waals surface area contributed by atoms with Crippen molar-refractivity contribution in [2.24, 2.45) is 0 Å². The number of rotatable bonds is 7. The van der Waals surface area contributed by atoms with Gasteiger partial charge >= 0.3 is 0 Å². The fourth-order valence-corrected chi connectivity index (χ4v) is 1.76. The highest BCUT2D eigenvalue weighted by atomic mass is 35.5. The SMILES string of the molecule is COCCN(CCCl)C(=O)Cc1ccc(F)cc1. The van der Waals surface area contributed by atoms with Crippen LogP contribution in [0.3, 0.4) is 0 Å². The average molecular weight is 274 g/mol. The minimum Gasteiger partial charge on any atom is -0.383 e. The number of ether oxygens (including phenoxy) is 1. The van der Waals surface area contributed by atoms with E-state index in [2.05, 4.69) is 0 Å². The first-order chi connectivity index (χ1) is 8.67. The molecule has 0 bridgehead atoms. The van der Waals surface area contributed by atoms with Gasteiger partial charge in [0.1, 0.15) is 5.82 Å². The van der Waals surface area contributed by atoms with Gasteiger partial charge in [-0.3, -0.25) is 4.79 Å². The molecule has 0 aliphatic heterocycles. The Bertz CT molecular complexity index is 370. The summed E-state index contributed by atoms with van der Waals surface area (Å²) in [5, 5.41) is 0. The van der Waals surface area contributed by atoms with E-state index in [1.165, 1.54) is 12.1 Å². The molecule has 0 aliphatic carbocycles. The molecule has 5 heteroatoms. The minimum absolute atomic E-state index is 0.0284. The summed E-state index contributed by atoms with van der Waals surface area (Å²) in [5.74, 6) is 0.0568. The molecule has 0 saturated heterocycles. The van der Waals surface area contributed by atoms with Crippen LogP contribution in [0, 0.1) is 5.82 Å². The summed E-state index contributed by atoms with van der Waals surface area (Å²) in [5.41, 5.74) is 0.790. The zero-order valence-electron chi connectivity index (χ0n) is 10.4. The van der Waals surface area contributed by atoms with Crippen LogP contribution >= 0.6 is 11.6 Å². The van der Waals surface area contributed by atoms with Crippen LogP contribution in [0.2, 0.25) is 0 Å². The lowest BCUT2D eigenvalue weighted by Crippen LogP contribution is -2.36. The first-order valence-electron chi connectivity index (χ1n) is 5.74. The number of halogens is 2. The third kappa shape index (κ3) is 5.02. The van der Waals surface area contributed by atoms with Gasteiger partial charge in [0.2, 0.25) is 5.91 Å². The van der Waals surface area contributed by atoms with E-state index >= 15 is 0 Å². The quantitative estimate of drug-likeness (QED) is 0.712. The lowest BCUT2D eigenvalue weighted by molar-refractivity contribution is -0.130. The molecule has 0 spiro atoms. The number of nitrogens with zero attached hydrogens (tertiary/aromatic N) is 1. The second kappa shape index (κ2) is 8.06. The molecule has 0 heterocycles. The molecule has 0 N–H and O–H groups in total. The van der Waals surface area contributed by atoms with Crippen LogP contribution in [0.1, 0.15) is 5.56 Å². The van der Waals surface area contributed by atoms with Gasteiger partial charge in [-0.2, -0.15) is 0 Å². The van der Waals surface area contributed by atoms with Crippen molar-refractivity contribution in [2.45, 2.75) is 6.42 Å². The Kier molecular flexibility index (Phi) is 6.68. The van der Waals surface area contributed by atoms with Crippen molar-refractivity contribution >= 4 is 17.5 Å². The summed E-state index contributed by atoms with van der Waals surface area (Å²) in [6, 6.07) is 5.93. The number of benzene rings is 1. The fourth-order valence-electron chi connectivity index (χ4n) is 1.55. The molecule has 1 aromatic carbocycles. The Morgan fingerprint density at radius 3 is 2.56 bits per heavy atom. The summed E-state index contributed by atoms with van der Waals surface area (Å²) in [6.07, 6.45) is 0.251. The summed E-state index contributed by atoms with van der Waals surface area (Å²) in [7, 11) is 1.59. The highest BCUT2D eigenvalue weighted by molar-refractivity contribution is 6.18. The predicted molar refractivity (Wildman–Crippen MR) is 69.3 cm³/mol. The van der Waals surface area contributed by atoms with Gasteiger partial charge in [0.15, 0.2) is 0 Å². The smallest absolute Gasteiger partial charge is 0.227 e. The minimum atomic E-state index is -0.303. The van der Waals surface area contributed by atoms with Gasteiger partial charge in [0.05, 0.1) is 13.0 Å². The topological polar surface area (TPSA) is 29.5 Å². The molecule has 0 atom stereocenters. The third-order valence-electron chi connectivity index (χ3n) is 2.54. The second-order valence-corrected chi connectivity index (χ2v) is 4.24. The zero-order chi connectivity index (χ0) is 13.4. The van der Waals surface area contributed by atoms with Crippen molar-refractivity contribution in [1.82, 2.24) is 4.90 Å². The summed E-state index contributed by atoms with van der Waals surface area (Å²) < 4.78 is 17.7. The zero-order valence-corrected chi connectivity index (χ0v) is 11.1. The van der Waals surface area contributed by atoms with Crippen LogP contribution in [0.25, 0.3) is 0 Å². The molecular weight excluding hydrogens is 257 g/mol. The van der Waals surface area contributed by atoms with E-state index in [-0.39, 0.29) is 18.1 Å². The first kappa shape index (κ1) is 14.9. The number of carbonyl (C=O) groups excluding carboxylic acids is 1. The number of methoxy groups -OCH3 is 1. The van der Waals surface area contributed by atoms with Crippen LogP contribution < -0.4 is 0 Å². The molecule has 100 valence electrons. The van der Waals surface area contributed by atoms with Gasteiger partial charge in [-0.05, 0) is 17.7 Å². The summed E-state index contributed by atoms with van der Waals surface area (Å²) in [4.78, 5) is 13.7. The van der Waals surface area contributed by atoms with Crippen LogP contribution in [0.5, 0.6) is 0 Å². The van der Waals surface area contributed by atoms with Gasteiger partial charge in [0.25, 0.3) is 0 Å². The standard InChI is InChI=1S/C13H17ClFNO2/c1-18-9-8-16(7-6-14)13(17)10-11-2-4-12(15)5-3-11/h2-5H,6-10H2,1H3. The molecule has 0 radical (unpaired) electrons. The second-order valence-electron chi connectivity index (χ2n) is 3.87. The van der Waals surface area contributed by atoms with E-state index < -0.39 is 0 Å². The van der Waals surface area contributed by atoms with Crippen molar-refractivity contribution in [3.8, 4) is 0 Å². The molecule has 0 aromatic heterocycles. The van der Waals surface area contributed by atoms with Crippen molar-refractivity contribution in [2.75, 3.05) is 32.7 Å². The monoisotopic (exact) mass is 273 g/mol. The van der Waals surface area contributed by atoms with Gasteiger partial charge < -0.3 is 9.64 Å². The van der Waals surface area contributed by atoms with Crippen molar-refractivity contribution < 1.29 is 13.9 Å². The van der Waals surface area contributed by atoms with Gasteiger partial charge in [-0.15, -0.1) is 11.6 Å². The van der Waals surface area contributed by atoms with Gasteiger partial charge in [0, 0.05) is 26.1 Å². The number of alkyl halides is 1. The predicted octanol–water partition coefficient (Wildman–Crippen LogP) is 2.08. The molecule has 18 heavy (non-hydrogen) atoms. The largest absolute Gasteiger partial charge is 0.383 e. The van der Waals surface area contributed by atoms with E-state index in [1.807, 2.05) is 0 Å². The molecule has 0 saturated carbocycles. The molecule has 0 aliphatic rings. The Morgan fingerprint density at radius 1 is 1.33 bits per heavy atom. The third-order valence-corrected chi connectivity index (χ3v) is 2.71. The summed E-state index contributed by atoms with van der Waals surface area (Å²) in [6.45, 7) is 1.49. The van der Waals surface area contributed by atoms with Gasteiger partial charge in [-0.1, -0.05) is 12.1 Å². The Labute approximate surface area is 111 Å². The highest BCUT2D eigenvalue weighted by Gasteiger charge is 2.13. The molecule has 1 rings (SSSR count). The molecule has 1 aromatic rings. The Balaban J connectivity index is 2.57. The number of hydrogen-bond acceptors (Lipinski definition) is 2. The van der Waals surface area contributed by atoms with Crippen molar-refractivity contribution in [3.05, 3.63) is 35.6 Å². The maximum absolute atomic E-state index is 12.7. The van der Waals surface area contributed by atoms with E-state index in [4.69, 9.17) is 16.3 Å². The number of amides is 1. The molecule has 3 nitrogen and oxygen atoms in total. The van der Waals surface area contributed by atoms with E-state index in [0.29, 0.717) is 25.6 Å². The maximum Gasteiger partial charge on any atom is 0.227 e. The average Bonchev–Trinajstić information content (AvgIpc) is 2.37. The van der Waals surface area contributed by atoms with Crippen LogP contribution in [-0.4, -0.2) is 43.5 Å². The molecular formula is C13H17ClFNO2. The molecule has 0 fully saturated rings. The van der Waals surface area contributed by atoms with Gasteiger partial charge in [-0.25, -0.2) is 4.39 Å². The number of hydrogen-bond donors (Lipinski definition) is 0. The Hall–Kier alpha value is -1.13. The van der Waals surface area contributed by atoms with Crippen LogP contribution in [0.4, 0.5) is 4.39 Å². The van der Waals surface area contributed by atoms with Crippen LogP contribution in [0.15, 0.2) is 24.3 Å². The summed E-state index contributed by atoms with van der Waals surface area (Å²) >= 11 is 5.66. The lowest BCUT2D eigenvalue weighted by atomic mass is 10.1. The Morgan fingerprint density at radius 2 is 2.00 bits per heavy atom. The number of carbonyl (C=O) groups is 1.